The fourth-order valence-corrected chi connectivity index (χ4v) is 3.51. The zero-order chi connectivity index (χ0) is 13.6. The highest BCUT2D eigenvalue weighted by Gasteiger charge is 2.25. The molecule has 0 aliphatic carbocycles. The van der Waals surface area contributed by atoms with Crippen molar-refractivity contribution in [2.24, 2.45) is 5.73 Å². The number of hydrogen-bond donors (Lipinski definition) is 1. The normalized spacial score (nSPS) is 21.0. The first-order valence-electron chi connectivity index (χ1n) is 6.68. The first-order chi connectivity index (χ1) is 8.44. The first-order valence-corrected chi connectivity index (χ1v) is 8.50. The molecule has 106 valence electrons. The lowest BCUT2D eigenvalue weighted by atomic mass is 10.1. The quantitative estimate of drug-likeness (QED) is 0.718. The van der Waals surface area contributed by atoms with Crippen LogP contribution in [0.3, 0.4) is 0 Å². The summed E-state index contributed by atoms with van der Waals surface area (Å²) in [5.74, 6) is -0.530. The number of nitrogens with zero attached hydrogens (tertiary/aromatic N) is 1. The number of carbonyl (C=O) groups is 1. The molecule has 1 fully saturated rings. The molecule has 1 saturated heterocycles. The fourth-order valence-electron chi connectivity index (χ4n) is 2.16. The topological polar surface area (TPSA) is 80.5 Å². The van der Waals surface area contributed by atoms with E-state index >= 15 is 0 Å². The van der Waals surface area contributed by atoms with E-state index in [2.05, 4.69) is 0 Å². The van der Waals surface area contributed by atoms with Gasteiger partial charge >= 0.3 is 0 Å². The molecule has 0 aromatic heterocycles. The van der Waals surface area contributed by atoms with E-state index in [1.807, 2.05) is 6.92 Å². The number of rotatable bonds is 6. The average molecular weight is 276 g/mol. The van der Waals surface area contributed by atoms with Crippen molar-refractivity contribution < 1.29 is 13.2 Å². The van der Waals surface area contributed by atoms with Crippen molar-refractivity contribution in [3.63, 3.8) is 0 Å². The minimum atomic E-state index is -3.25. The van der Waals surface area contributed by atoms with E-state index in [9.17, 15) is 13.2 Å². The van der Waals surface area contributed by atoms with Gasteiger partial charge in [-0.3, -0.25) is 4.79 Å². The maximum absolute atomic E-state index is 11.9. The van der Waals surface area contributed by atoms with E-state index in [4.69, 9.17) is 5.73 Å². The second-order valence-corrected chi connectivity index (χ2v) is 7.23. The van der Waals surface area contributed by atoms with Gasteiger partial charge in [0.05, 0.1) is 5.75 Å². The van der Waals surface area contributed by atoms with Gasteiger partial charge in [0.2, 0.25) is 5.91 Å². The van der Waals surface area contributed by atoms with Gasteiger partial charge in [0, 0.05) is 19.1 Å². The number of unbranched alkanes of at least 4 members (excludes halogenated alkanes) is 2. The number of nitrogens with two attached hydrogens (primary N) is 1. The van der Waals surface area contributed by atoms with Crippen molar-refractivity contribution in [3.8, 4) is 0 Å². The molecule has 0 aromatic carbocycles. The number of likely N-dealkylation sites (tertiary alicyclic amines) is 1. The molecule has 1 aliphatic heterocycles. The molecule has 6 heteroatoms. The summed E-state index contributed by atoms with van der Waals surface area (Å²) >= 11 is 0. The summed E-state index contributed by atoms with van der Waals surface area (Å²) in [7, 11) is -3.25. The molecule has 2 N–H and O–H groups in total. The molecule has 1 rings (SSSR count). The Morgan fingerprint density at radius 2 is 2.11 bits per heavy atom. The van der Waals surface area contributed by atoms with Gasteiger partial charge in [-0.25, -0.2) is 8.42 Å². The Labute approximate surface area is 110 Å². The molecule has 0 bridgehead atoms. The third-order valence-electron chi connectivity index (χ3n) is 3.21. The van der Waals surface area contributed by atoms with Crippen LogP contribution in [0, 0.1) is 0 Å². The molecule has 1 atom stereocenters. The summed E-state index contributed by atoms with van der Waals surface area (Å²) in [6.45, 7) is 3.15. The monoisotopic (exact) mass is 276 g/mol. The van der Waals surface area contributed by atoms with Crippen LogP contribution in [-0.4, -0.2) is 49.9 Å². The molecule has 18 heavy (non-hydrogen) atoms. The van der Waals surface area contributed by atoms with Crippen molar-refractivity contribution in [3.05, 3.63) is 0 Å². The van der Waals surface area contributed by atoms with E-state index in [0.29, 0.717) is 19.5 Å². The molecule has 0 saturated carbocycles. The van der Waals surface area contributed by atoms with E-state index in [0.717, 1.165) is 25.7 Å². The summed E-state index contributed by atoms with van der Waals surface area (Å²) in [6.07, 6.45) is 4.29. The molecule has 1 heterocycles. The molecule has 1 amide bonds. The Kier molecular flexibility index (Phi) is 6.08. The van der Waals surface area contributed by atoms with E-state index in [1.54, 1.807) is 4.90 Å². The van der Waals surface area contributed by atoms with Crippen molar-refractivity contribution in [2.45, 2.75) is 45.1 Å². The van der Waals surface area contributed by atoms with Gasteiger partial charge in [-0.05, 0) is 19.3 Å². The van der Waals surface area contributed by atoms with Gasteiger partial charge < -0.3 is 10.6 Å². The Balaban J connectivity index is 2.42. The number of amides is 1. The number of carbonyl (C=O) groups excluding carboxylic acids is 1. The standard InChI is InChI=1S/C12H24N2O3S/c1-2-3-4-8-18(16,17)10-12(15)14-7-5-6-11(13)9-14/h11H,2-10,13H2,1H3. The smallest absolute Gasteiger partial charge is 0.237 e. The Morgan fingerprint density at radius 3 is 2.72 bits per heavy atom. The SMILES string of the molecule is CCCCCS(=O)(=O)CC(=O)N1CCCC(N)C1. The lowest BCUT2D eigenvalue weighted by Crippen LogP contribution is -2.47. The highest BCUT2D eigenvalue weighted by atomic mass is 32.2. The summed E-state index contributed by atoms with van der Waals surface area (Å²) in [5, 5.41) is 0. The summed E-state index contributed by atoms with van der Waals surface area (Å²) in [6, 6.07) is -0.00880. The second kappa shape index (κ2) is 7.09. The third kappa shape index (κ3) is 5.35. The van der Waals surface area contributed by atoms with Crippen LogP contribution in [0.4, 0.5) is 0 Å². The lowest BCUT2D eigenvalue weighted by molar-refractivity contribution is -0.129. The van der Waals surface area contributed by atoms with Gasteiger partial charge in [-0.1, -0.05) is 19.8 Å². The Morgan fingerprint density at radius 1 is 1.39 bits per heavy atom. The number of piperidine rings is 1. The third-order valence-corrected chi connectivity index (χ3v) is 4.81. The lowest BCUT2D eigenvalue weighted by Gasteiger charge is -2.30. The Hall–Kier alpha value is -0.620. The van der Waals surface area contributed by atoms with Gasteiger partial charge in [0.1, 0.15) is 5.75 Å². The molecule has 0 aromatic rings. The van der Waals surface area contributed by atoms with Crippen molar-refractivity contribution in [1.82, 2.24) is 4.90 Å². The van der Waals surface area contributed by atoms with Gasteiger partial charge in [0.15, 0.2) is 9.84 Å². The zero-order valence-electron chi connectivity index (χ0n) is 11.1. The minimum absolute atomic E-state index is 0.00880. The highest BCUT2D eigenvalue weighted by Crippen LogP contribution is 2.10. The predicted octanol–water partition coefficient (Wildman–Crippen LogP) is 0.541. The van der Waals surface area contributed by atoms with Gasteiger partial charge in [-0.15, -0.1) is 0 Å². The van der Waals surface area contributed by atoms with Crippen LogP contribution in [0.5, 0.6) is 0 Å². The molecule has 0 spiro atoms. The summed E-state index contributed by atoms with van der Waals surface area (Å²) in [5.41, 5.74) is 5.78. The Bertz CT molecular complexity index is 368. The van der Waals surface area contributed by atoms with E-state index < -0.39 is 9.84 Å². The summed E-state index contributed by atoms with van der Waals surface area (Å²) in [4.78, 5) is 13.5. The molecular formula is C12H24N2O3S. The predicted molar refractivity (Wildman–Crippen MR) is 72.0 cm³/mol. The maximum atomic E-state index is 11.9. The van der Waals surface area contributed by atoms with Crippen LogP contribution >= 0.6 is 0 Å². The maximum Gasteiger partial charge on any atom is 0.237 e. The second-order valence-electron chi connectivity index (χ2n) is 5.04. The average Bonchev–Trinajstić information content (AvgIpc) is 2.28. The van der Waals surface area contributed by atoms with Crippen LogP contribution in [0.15, 0.2) is 0 Å². The minimum Gasteiger partial charge on any atom is -0.340 e. The molecular weight excluding hydrogens is 252 g/mol. The van der Waals surface area contributed by atoms with Gasteiger partial charge in [0.25, 0.3) is 0 Å². The zero-order valence-corrected chi connectivity index (χ0v) is 11.9. The van der Waals surface area contributed by atoms with Crippen LogP contribution < -0.4 is 5.73 Å². The molecule has 1 aliphatic rings. The number of sulfone groups is 1. The molecule has 1 unspecified atom stereocenters. The van der Waals surface area contributed by atoms with Gasteiger partial charge in [-0.2, -0.15) is 0 Å². The van der Waals surface area contributed by atoms with Crippen molar-refractivity contribution >= 4 is 15.7 Å². The largest absolute Gasteiger partial charge is 0.340 e. The van der Waals surface area contributed by atoms with Crippen LogP contribution in [0.25, 0.3) is 0 Å². The fraction of sp³-hybridized carbons (Fsp3) is 0.917. The highest BCUT2D eigenvalue weighted by molar-refractivity contribution is 7.92. The van der Waals surface area contributed by atoms with Crippen LogP contribution in [-0.2, 0) is 14.6 Å². The molecule has 0 radical (unpaired) electrons. The van der Waals surface area contributed by atoms with Crippen LogP contribution in [0.1, 0.15) is 39.0 Å². The number of hydrogen-bond acceptors (Lipinski definition) is 4. The van der Waals surface area contributed by atoms with Crippen molar-refractivity contribution in [2.75, 3.05) is 24.6 Å². The summed E-state index contributed by atoms with van der Waals surface area (Å²) < 4.78 is 23.5. The first kappa shape index (κ1) is 15.4. The van der Waals surface area contributed by atoms with E-state index in [-0.39, 0.29) is 23.5 Å². The van der Waals surface area contributed by atoms with E-state index in [1.165, 1.54) is 0 Å². The van der Waals surface area contributed by atoms with Crippen molar-refractivity contribution in [1.29, 1.82) is 0 Å². The van der Waals surface area contributed by atoms with Crippen LogP contribution in [0.2, 0.25) is 0 Å². The molecule has 5 nitrogen and oxygen atoms in total.